The highest BCUT2D eigenvalue weighted by Gasteiger charge is 2.33. The molecule has 0 spiro atoms. The molecule has 0 unspecified atom stereocenters. The summed E-state index contributed by atoms with van der Waals surface area (Å²) in [6.45, 7) is -0.372. The maximum Gasteiger partial charge on any atom is 0.435 e. The Balaban J connectivity index is 2.00. The lowest BCUT2D eigenvalue weighted by Gasteiger charge is -2.04. The minimum Gasteiger partial charge on any atom is -0.292 e. The van der Waals surface area contributed by atoms with E-state index in [0.717, 1.165) is 16.9 Å². The van der Waals surface area contributed by atoms with Crippen molar-refractivity contribution in [3.63, 3.8) is 0 Å². The van der Waals surface area contributed by atoms with E-state index in [1.807, 2.05) is 0 Å². The second-order valence-corrected chi connectivity index (χ2v) is 3.57. The van der Waals surface area contributed by atoms with Crippen LogP contribution in [0.5, 0.6) is 0 Å². The number of nitrogens with one attached hydrogen (secondary N) is 1. The highest BCUT2D eigenvalue weighted by atomic mass is 19.4. The predicted molar refractivity (Wildman–Crippen MR) is 54.7 cm³/mol. The Morgan fingerprint density at radius 1 is 1.47 bits per heavy atom. The highest BCUT2D eigenvalue weighted by Crippen LogP contribution is 2.27. The second kappa shape index (κ2) is 4.66. The molecule has 2 aromatic rings. The molecule has 19 heavy (non-hydrogen) atoms. The third-order valence-corrected chi connectivity index (χ3v) is 2.11. The fraction of sp³-hybridized carbons (Fsp3) is 0.375. The number of anilines is 1. The van der Waals surface area contributed by atoms with Crippen molar-refractivity contribution < 1.29 is 18.0 Å². The van der Waals surface area contributed by atoms with Gasteiger partial charge in [0.2, 0.25) is 11.9 Å². The molecular weight excluding hydrogens is 267 g/mol. The molecule has 0 radical (unpaired) electrons. The number of rotatable bonds is 3. The van der Waals surface area contributed by atoms with Crippen LogP contribution in [0.2, 0.25) is 0 Å². The molecule has 8 nitrogen and oxygen atoms in total. The summed E-state index contributed by atoms with van der Waals surface area (Å²) >= 11 is 0. The van der Waals surface area contributed by atoms with Crippen LogP contribution in [-0.2, 0) is 24.6 Å². The van der Waals surface area contributed by atoms with Crippen LogP contribution in [-0.4, -0.2) is 35.9 Å². The van der Waals surface area contributed by atoms with E-state index in [0.29, 0.717) is 0 Å². The zero-order valence-corrected chi connectivity index (χ0v) is 9.59. The van der Waals surface area contributed by atoms with E-state index in [1.165, 1.54) is 11.7 Å². The second-order valence-electron chi connectivity index (χ2n) is 3.57. The number of nitrogens with zero attached hydrogens (tertiary/aromatic N) is 6. The summed E-state index contributed by atoms with van der Waals surface area (Å²) < 4.78 is 39.0. The molecule has 11 heteroatoms. The topological polar surface area (TPSA) is 90.5 Å². The molecule has 0 aliphatic rings. The van der Waals surface area contributed by atoms with Crippen molar-refractivity contribution in [3.8, 4) is 0 Å². The molecule has 2 heterocycles. The molecule has 2 aromatic heterocycles. The molecule has 0 aromatic carbocycles. The first-order valence-electron chi connectivity index (χ1n) is 4.99. The van der Waals surface area contributed by atoms with E-state index in [1.54, 1.807) is 0 Å². The smallest absolute Gasteiger partial charge is 0.292 e. The summed E-state index contributed by atoms with van der Waals surface area (Å²) in [6, 6.07) is 0.789. The number of hydrogen-bond acceptors (Lipinski definition) is 5. The molecular formula is C8H8F3N7O. The van der Waals surface area contributed by atoms with E-state index in [2.05, 4.69) is 25.9 Å². The first-order valence-corrected chi connectivity index (χ1v) is 4.99. The normalized spacial score (nSPS) is 11.6. The van der Waals surface area contributed by atoms with Gasteiger partial charge in [-0.3, -0.25) is 14.8 Å². The van der Waals surface area contributed by atoms with Crippen LogP contribution in [0.25, 0.3) is 0 Å². The van der Waals surface area contributed by atoms with E-state index in [-0.39, 0.29) is 12.5 Å². The summed E-state index contributed by atoms with van der Waals surface area (Å²) in [5.41, 5.74) is -1.05. The van der Waals surface area contributed by atoms with Crippen molar-refractivity contribution >= 4 is 11.9 Å². The Bertz CT molecular complexity index is 587. The largest absolute Gasteiger partial charge is 0.435 e. The number of aryl methyl sites for hydroxylation is 1. The highest BCUT2D eigenvalue weighted by molar-refractivity contribution is 5.88. The Hall–Kier alpha value is -2.46. The molecule has 0 aliphatic heterocycles. The van der Waals surface area contributed by atoms with Gasteiger partial charge in [-0.2, -0.15) is 18.3 Å². The summed E-state index contributed by atoms with van der Waals surface area (Å²) in [4.78, 5) is 11.5. The van der Waals surface area contributed by atoms with Crippen molar-refractivity contribution in [3.05, 3.63) is 18.0 Å². The molecule has 0 saturated carbocycles. The molecule has 1 N–H and O–H groups in total. The lowest BCUT2D eigenvalue weighted by molar-refractivity contribution is -0.141. The predicted octanol–water partition coefficient (Wildman–Crippen LogP) is 0.0641. The zero-order valence-electron chi connectivity index (χ0n) is 9.59. The van der Waals surface area contributed by atoms with Crippen molar-refractivity contribution in [2.24, 2.45) is 7.05 Å². The fourth-order valence-electron chi connectivity index (χ4n) is 1.25. The van der Waals surface area contributed by atoms with Crippen LogP contribution >= 0.6 is 0 Å². The van der Waals surface area contributed by atoms with Crippen LogP contribution in [0.4, 0.5) is 19.1 Å². The number of aromatic nitrogens is 6. The van der Waals surface area contributed by atoms with Gasteiger partial charge < -0.3 is 0 Å². The molecule has 2 rings (SSSR count). The van der Waals surface area contributed by atoms with Crippen molar-refractivity contribution in [2.75, 3.05) is 5.32 Å². The quantitative estimate of drug-likeness (QED) is 0.855. The third kappa shape index (κ3) is 3.05. The molecule has 0 bridgehead atoms. The number of amides is 1. The third-order valence-electron chi connectivity index (χ3n) is 2.11. The number of carbonyl (C=O) groups excluding carboxylic acids is 1. The average Bonchev–Trinajstić information content (AvgIpc) is 2.88. The molecule has 0 atom stereocenters. The van der Waals surface area contributed by atoms with Gasteiger partial charge in [-0.1, -0.05) is 5.10 Å². The van der Waals surface area contributed by atoms with E-state index >= 15 is 0 Å². The Labute approximate surface area is 104 Å². The van der Waals surface area contributed by atoms with Gasteiger partial charge in [0.25, 0.3) is 0 Å². The molecule has 0 fully saturated rings. The van der Waals surface area contributed by atoms with Crippen LogP contribution < -0.4 is 5.32 Å². The van der Waals surface area contributed by atoms with Crippen molar-refractivity contribution in [2.45, 2.75) is 12.7 Å². The van der Waals surface area contributed by atoms with E-state index in [4.69, 9.17) is 0 Å². The molecule has 1 amide bonds. The van der Waals surface area contributed by atoms with Gasteiger partial charge in [0, 0.05) is 13.2 Å². The standard InChI is InChI=1S/C8H8F3N7O/c1-17-7(13-15-16-17)12-6(19)4-18-3-2-5(14-18)8(9,10)11/h2-3H,4H2,1H3,(H,12,13,16,19). The van der Waals surface area contributed by atoms with Crippen molar-refractivity contribution in [1.82, 2.24) is 30.0 Å². The molecule has 0 saturated heterocycles. The van der Waals surface area contributed by atoms with Crippen LogP contribution in [0.3, 0.4) is 0 Å². The minimum absolute atomic E-state index is 0.0909. The maximum atomic E-state index is 12.3. The first-order chi connectivity index (χ1) is 8.86. The van der Waals surface area contributed by atoms with Gasteiger partial charge in [-0.25, -0.2) is 4.68 Å². The van der Waals surface area contributed by atoms with Gasteiger partial charge in [0.1, 0.15) is 6.54 Å². The molecule has 0 aliphatic carbocycles. The van der Waals surface area contributed by atoms with E-state index in [9.17, 15) is 18.0 Å². The van der Waals surface area contributed by atoms with Crippen LogP contribution in [0.15, 0.2) is 12.3 Å². The van der Waals surface area contributed by atoms with Gasteiger partial charge in [-0.15, -0.1) is 0 Å². The number of halogens is 3. The maximum absolute atomic E-state index is 12.3. The van der Waals surface area contributed by atoms with Gasteiger partial charge in [-0.05, 0) is 16.5 Å². The number of carbonyl (C=O) groups is 1. The lowest BCUT2D eigenvalue weighted by atomic mass is 10.4. The first kappa shape index (κ1) is 13.0. The summed E-state index contributed by atoms with van der Waals surface area (Å²) in [7, 11) is 1.51. The van der Waals surface area contributed by atoms with Crippen LogP contribution in [0.1, 0.15) is 5.69 Å². The van der Waals surface area contributed by atoms with Gasteiger partial charge in [0.15, 0.2) is 5.69 Å². The Morgan fingerprint density at radius 3 is 2.74 bits per heavy atom. The van der Waals surface area contributed by atoms with Crippen LogP contribution in [0, 0.1) is 0 Å². The SMILES string of the molecule is Cn1nnnc1NC(=O)Cn1ccc(C(F)(F)F)n1. The summed E-state index contributed by atoms with van der Waals surface area (Å²) in [5.74, 6) is -0.497. The van der Waals surface area contributed by atoms with Crippen molar-refractivity contribution in [1.29, 1.82) is 0 Å². The van der Waals surface area contributed by atoms with E-state index < -0.39 is 17.8 Å². The molecule has 102 valence electrons. The number of hydrogen-bond donors (Lipinski definition) is 1. The lowest BCUT2D eigenvalue weighted by Crippen LogP contribution is -2.21. The number of tetrazole rings is 1. The minimum atomic E-state index is -4.53. The number of alkyl halides is 3. The summed E-state index contributed by atoms with van der Waals surface area (Å²) in [5, 5.41) is 15.9. The fourth-order valence-corrected chi connectivity index (χ4v) is 1.25. The summed E-state index contributed by atoms with van der Waals surface area (Å²) in [6.07, 6.45) is -3.47. The Kier molecular flexibility index (Phi) is 3.19. The Morgan fingerprint density at radius 2 is 2.21 bits per heavy atom. The zero-order chi connectivity index (χ0) is 14.0. The monoisotopic (exact) mass is 275 g/mol. The van der Waals surface area contributed by atoms with Gasteiger partial charge in [0.05, 0.1) is 0 Å². The average molecular weight is 275 g/mol. The van der Waals surface area contributed by atoms with Gasteiger partial charge >= 0.3 is 6.18 Å².